The van der Waals surface area contributed by atoms with Crippen molar-refractivity contribution in [3.8, 4) is 11.5 Å². The first-order chi connectivity index (χ1) is 11.7. The molecule has 2 aromatic carbocycles. The van der Waals surface area contributed by atoms with E-state index in [2.05, 4.69) is 10.1 Å². The van der Waals surface area contributed by atoms with Crippen LogP contribution in [0.1, 0.15) is 11.4 Å². The molecule has 0 fully saturated rings. The van der Waals surface area contributed by atoms with Crippen molar-refractivity contribution >= 4 is 17.1 Å². The number of ether oxygens (including phenoxy) is 2. The van der Waals surface area contributed by atoms with Gasteiger partial charge < -0.3 is 9.47 Å². The lowest BCUT2D eigenvalue weighted by Crippen LogP contribution is -2.20. The average Bonchev–Trinajstić information content (AvgIpc) is 2.61. The largest absolute Gasteiger partial charge is 0.493 e. The number of aryl methyl sites for hydroxylation is 1. The second-order valence-electron chi connectivity index (χ2n) is 5.12. The summed E-state index contributed by atoms with van der Waals surface area (Å²) >= 11 is 0. The van der Waals surface area contributed by atoms with Crippen molar-refractivity contribution in [3.63, 3.8) is 0 Å². The maximum Gasteiger partial charge on any atom is 0.282 e. The molecule has 0 radical (unpaired) electrons. The summed E-state index contributed by atoms with van der Waals surface area (Å²) in [4.78, 5) is 17.0. The fraction of sp³-hybridized carbons (Fsp3) is 0.167. The molecule has 0 aliphatic heterocycles. The number of hydrogen-bond donors (Lipinski definition) is 0. The summed E-state index contributed by atoms with van der Waals surface area (Å²) < 4.78 is 11.9. The van der Waals surface area contributed by atoms with E-state index in [1.807, 2.05) is 24.3 Å². The molecule has 0 amide bonds. The Morgan fingerprint density at radius 1 is 1.08 bits per heavy atom. The normalized spacial score (nSPS) is 11.1. The van der Waals surface area contributed by atoms with Gasteiger partial charge in [-0.25, -0.2) is 4.98 Å². The molecule has 0 saturated heterocycles. The van der Waals surface area contributed by atoms with Crippen LogP contribution in [0.2, 0.25) is 0 Å². The van der Waals surface area contributed by atoms with Crippen LogP contribution < -0.4 is 15.0 Å². The zero-order chi connectivity index (χ0) is 17.1. The summed E-state index contributed by atoms with van der Waals surface area (Å²) in [6.07, 6.45) is 1.56. The molecule has 1 aromatic heterocycles. The molecular weight excluding hydrogens is 306 g/mol. The van der Waals surface area contributed by atoms with Crippen LogP contribution in [0, 0.1) is 6.92 Å². The number of methoxy groups -OCH3 is 2. The van der Waals surface area contributed by atoms with Gasteiger partial charge in [-0.1, -0.05) is 18.2 Å². The molecule has 0 spiro atoms. The van der Waals surface area contributed by atoms with Gasteiger partial charge in [0, 0.05) is 5.56 Å². The van der Waals surface area contributed by atoms with E-state index in [1.165, 1.54) is 4.68 Å². The summed E-state index contributed by atoms with van der Waals surface area (Å²) in [5.41, 5.74) is 1.15. The smallest absolute Gasteiger partial charge is 0.282 e. The number of para-hydroxylation sites is 2. The van der Waals surface area contributed by atoms with Gasteiger partial charge in [0.2, 0.25) is 0 Å². The van der Waals surface area contributed by atoms with Gasteiger partial charge in [0.1, 0.15) is 5.82 Å². The van der Waals surface area contributed by atoms with E-state index in [1.54, 1.807) is 45.6 Å². The molecule has 0 unspecified atom stereocenters. The second kappa shape index (κ2) is 6.54. The number of benzene rings is 2. The minimum atomic E-state index is -0.212. The molecule has 1 heterocycles. The highest BCUT2D eigenvalue weighted by Gasteiger charge is 2.09. The first kappa shape index (κ1) is 15.7. The number of fused-ring (bicyclic) bond motifs is 1. The molecule has 3 aromatic rings. The van der Waals surface area contributed by atoms with E-state index in [0.717, 1.165) is 0 Å². The first-order valence-corrected chi connectivity index (χ1v) is 7.39. The Bertz CT molecular complexity index is 977. The van der Waals surface area contributed by atoms with Crippen LogP contribution in [-0.4, -0.2) is 30.1 Å². The van der Waals surface area contributed by atoms with E-state index < -0.39 is 0 Å². The van der Waals surface area contributed by atoms with Crippen molar-refractivity contribution in [1.29, 1.82) is 0 Å². The summed E-state index contributed by atoms with van der Waals surface area (Å²) in [6, 6.07) is 12.7. The predicted molar refractivity (Wildman–Crippen MR) is 93.3 cm³/mol. The van der Waals surface area contributed by atoms with Crippen molar-refractivity contribution in [2.45, 2.75) is 6.92 Å². The van der Waals surface area contributed by atoms with Gasteiger partial charge in [0.25, 0.3) is 5.56 Å². The van der Waals surface area contributed by atoms with Crippen LogP contribution in [0.4, 0.5) is 0 Å². The highest BCUT2D eigenvalue weighted by Crippen LogP contribution is 2.29. The molecular formula is C18H17N3O3. The van der Waals surface area contributed by atoms with Gasteiger partial charge in [-0.2, -0.15) is 9.78 Å². The molecule has 24 heavy (non-hydrogen) atoms. The van der Waals surface area contributed by atoms with Crippen molar-refractivity contribution in [3.05, 3.63) is 64.2 Å². The molecule has 6 nitrogen and oxygen atoms in total. The highest BCUT2D eigenvalue weighted by molar-refractivity contribution is 5.85. The van der Waals surface area contributed by atoms with Crippen LogP contribution in [0.25, 0.3) is 10.9 Å². The lowest BCUT2D eigenvalue weighted by atomic mass is 10.2. The maximum atomic E-state index is 12.6. The van der Waals surface area contributed by atoms with Crippen LogP contribution in [0.3, 0.4) is 0 Å². The van der Waals surface area contributed by atoms with Crippen LogP contribution in [0.15, 0.2) is 52.4 Å². The third-order valence-corrected chi connectivity index (χ3v) is 3.66. The SMILES string of the molecule is COc1cccc(/C=N\n2c(C)nc3ccccc3c2=O)c1OC. The minimum absolute atomic E-state index is 0.212. The monoisotopic (exact) mass is 323 g/mol. The molecule has 3 rings (SSSR count). The quantitative estimate of drug-likeness (QED) is 0.692. The number of nitrogens with zero attached hydrogens (tertiary/aromatic N) is 3. The van der Waals surface area contributed by atoms with Crippen LogP contribution in [-0.2, 0) is 0 Å². The molecule has 0 bridgehead atoms. The van der Waals surface area contributed by atoms with E-state index in [-0.39, 0.29) is 5.56 Å². The van der Waals surface area contributed by atoms with E-state index in [4.69, 9.17) is 9.47 Å². The molecule has 0 saturated carbocycles. The van der Waals surface area contributed by atoms with Gasteiger partial charge in [0.05, 0.1) is 31.3 Å². The van der Waals surface area contributed by atoms with Gasteiger partial charge in [0.15, 0.2) is 11.5 Å². The standard InChI is InChI=1S/C18H17N3O3/c1-12-20-15-9-5-4-8-14(15)18(22)21(12)19-11-13-7-6-10-16(23-2)17(13)24-3/h4-11H,1-3H3/b19-11-. The highest BCUT2D eigenvalue weighted by atomic mass is 16.5. The summed E-state index contributed by atoms with van der Waals surface area (Å²) in [5.74, 6) is 1.67. The third-order valence-electron chi connectivity index (χ3n) is 3.66. The Balaban J connectivity index is 2.11. The Hall–Kier alpha value is -3.15. The zero-order valence-corrected chi connectivity index (χ0v) is 13.7. The molecule has 0 N–H and O–H groups in total. The van der Waals surface area contributed by atoms with Gasteiger partial charge in [-0.15, -0.1) is 0 Å². The first-order valence-electron chi connectivity index (χ1n) is 7.39. The lowest BCUT2D eigenvalue weighted by molar-refractivity contribution is 0.354. The second-order valence-corrected chi connectivity index (χ2v) is 5.12. The summed E-state index contributed by atoms with van der Waals surface area (Å²) in [5, 5.41) is 4.82. The Morgan fingerprint density at radius 3 is 2.62 bits per heavy atom. The Labute approximate surface area is 139 Å². The summed E-state index contributed by atoms with van der Waals surface area (Å²) in [6.45, 7) is 1.74. The summed E-state index contributed by atoms with van der Waals surface area (Å²) in [7, 11) is 3.13. The average molecular weight is 323 g/mol. The van der Waals surface area contributed by atoms with Crippen molar-refractivity contribution in [1.82, 2.24) is 9.66 Å². The Kier molecular flexibility index (Phi) is 4.29. The molecule has 122 valence electrons. The minimum Gasteiger partial charge on any atom is -0.493 e. The van der Waals surface area contributed by atoms with Crippen molar-refractivity contribution in [2.24, 2.45) is 5.10 Å². The van der Waals surface area contributed by atoms with Crippen molar-refractivity contribution in [2.75, 3.05) is 14.2 Å². The van der Waals surface area contributed by atoms with Crippen molar-refractivity contribution < 1.29 is 9.47 Å². The van der Waals surface area contributed by atoms with E-state index in [0.29, 0.717) is 33.8 Å². The number of aromatic nitrogens is 2. The fourth-order valence-corrected chi connectivity index (χ4v) is 2.50. The number of hydrogen-bond acceptors (Lipinski definition) is 5. The number of rotatable bonds is 4. The fourth-order valence-electron chi connectivity index (χ4n) is 2.50. The molecule has 0 aliphatic rings. The van der Waals surface area contributed by atoms with Crippen LogP contribution >= 0.6 is 0 Å². The zero-order valence-electron chi connectivity index (χ0n) is 13.7. The molecule has 6 heteroatoms. The van der Waals surface area contributed by atoms with E-state index in [9.17, 15) is 4.79 Å². The Morgan fingerprint density at radius 2 is 1.88 bits per heavy atom. The third kappa shape index (κ3) is 2.74. The maximum absolute atomic E-state index is 12.6. The molecule has 0 atom stereocenters. The van der Waals surface area contributed by atoms with Gasteiger partial charge in [-0.3, -0.25) is 4.79 Å². The van der Waals surface area contributed by atoms with Gasteiger partial charge >= 0.3 is 0 Å². The molecule has 0 aliphatic carbocycles. The van der Waals surface area contributed by atoms with E-state index >= 15 is 0 Å². The van der Waals surface area contributed by atoms with Gasteiger partial charge in [-0.05, 0) is 31.2 Å². The van der Waals surface area contributed by atoms with Crippen LogP contribution in [0.5, 0.6) is 11.5 Å². The lowest BCUT2D eigenvalue weighted by Gasteiger charge is -2.10. The predicted octanol–water partition coefficient (Wildman–Crippen LogP) is 2.60. The topological polar surface area (TPSA) is 65.7 Å².